The van der Waals surface area contributed by atoms with Crippen LogP contribution in [0.25, 0.3) is 0 Å². The molecule has 1 aliphatic rings. The topological polar surface area (TPSA) is 24.8 Å². The summed E-state index contributed by atoms with van der Waals surface area (Å²) in [7, 11) is 2.03. The van der Waals surface area contributed by atoms with E-state index in [-0.39, 0.29) is 0 Å². The van der Waals surface area contributed by atoms with Crippen LogP contribution in [0.4, 0.5) is 5.69 Å². The van der Waals surface area contributed by atoms with Gasteiger partial charge in [0.1, 0.15) is 5.75 Å². The molecule has 0 saturated heterocycles. The summed E-state index contributed by atoms with van der Waals surface area (Å²) >= 11 is 0. The van der Waals surface area contributed by atoms with E-state index < -0.39 is 0 Å². The maximum absolute atomic E-state index is 5.88. The molecule has 0 spiro atoms. The van der Waals surface area contributed by atoms with Gasteiger partial charge in [-0.05, 0) is 62.8 Å². The van der Waals surface area contributed by atoms with Crippen molar-refractivity contribution >= 4 is 12.0 Å². The zero-order valence-corrected chi connectivity index (χ0v) is 12.4. The highest BCUT2D eigenvalue weighted by Crippen LogP contribution is 2.32. The largest absolute Gasteiger partial charge is 0.493 e. The van der Waals surface area contributed by atoms with Gasteiger partial charge in [-0.2, -0.15) is 0 Å². The van der Waals surface area contributed by atoms with Gasteiger partial charge in [0, 0.05) is 13.6 Å². The van der Waals surface area contributed by atoms with Crippen molar-refractivity contribution in [3.63, 3.8) is 0 Å². The van der Waals surface area contributed by atoms with Crippen molar-refractivity contribution in [3.05, 3.63) is 23.3 Å². The second-order valence-electron chi connectivity index (χ2n) is 5.48. The molecule has 0 heterocycles. The minimum Gasteiger partial charge on any atom is -0.493 e. The number of rotatable bonds is 6. The highest BCUT2D eigenvalue weighted by atomic mass is 16.5. The molecule has 19 heavy (non-hydrogen) atoms. The van der Waals surface area contributed by atoms with Crippen LogP contribution >= 0.6 is 0 Å². The van der Waals surface area contributed by atoms with Crippen LogP contribution in [-0.2, 0) is 0 Å². The van der Waals surface area contributed by atoms with Gasteiger partial charge in [-0.1, -0.05) is 0 Å². The minimum absolute atomic E-state index is 0.788. The Labute approximate surface area is 116 Å². The number of aryl methyl sites for hydroxylation is 2. The third-order valence-corrected chi connectivity index (χ3v) is 3.56. The highest BCUT2D eigenvalue weighted by molar-refractivity contribution is 5.64. The predicted molar refractivity (Wildman–Crippen MR) is 80.6 cm³/mol. The molecule has 0 bridgehead atoms. The zero-order valence-electron chi connectivity index (χ0n) is 12.4. The van der Waals surface area contributed by atoms with Crippen LogP contribution in [-0.4, -0.2) is 31.4 Å². The smallest absolute Gasteiger partial charge is 0.122 e. The maximum atomic E-state index is 5.88. The molecule has 1 aliphatic carbocycles. The number of hydrogen-bond donors (Lipinski definition) is 0. The molecule has 3 heteroatoms. The van der Waals surface area contributed by atoms with Crippen LogP contribution < -0.4 is 4.74 Å². The van der Waals surface area contributed by atoms with Crippen LogP contribution in [0, 0.1) is 19.8 Å². The van der Waals surface area contributed by atoms with Crippen molar-refractivity contribution in [2.45, 2.75) is 33.6 Å². The van der Waals surface area contributed by atoms with Gasteiger partial charge in [-0.15, -0.1) is 0 Å². The molecule has 2 rings (SSSR count). The minimum atomic E-state index is 0.788. The summed E-state index contributed by atoms with van der Waals surface area (Å²) in [6.07, 6.45) is 4.53. The van der Waals surface area contributed by atoms with E-state index in [4.69, 9.17) is 4.74 Å². The molecule has 0 aliphatic heterocycles. The predicted octanol–water partition coefficient (Wildman–Crippen LogP) is 3.70. The van der Waals surface area contributed by atoms with E-state index in [0.29, 0.717) is 0 Å². The van der Waals surface area contributed by atoms with Crippen LogP contribution in [0.1, 0.15) is 30.9 Å². The Bertz CT molecular complexity index is 464. The lowest BCUT2D eigenvalue weighted by molar-refractivity contribution is 0.297. The lowest BCUT2D eigenvalue weighted by atomic mass is 10.1. The molecule has 3 nitrogen and oxygen atoms in total. The molecule has 1 aromatic rings. The van der Waals surface area contributed by atoms with Crippen molar-refractivity contribution in [1.82, 2.24) is 4.90 Å². The fraction of sp³-hybridized carbons (Fsp3) is 0.562. The summed E-state index contributed by atoms with van der Waals surface area (Å²) in [4.78, 5) is 6.59. The molecule has 0 unspecified atom stereocenters. The monoisotopic (exact) mass is 260 g/mol. The highest BCUT2D eigenvalue weighted by Gasteiger charge is 2.22. The number of ether oxygens (including phenoxy) is 1. The van der Waals surface area contributed by atoms with Crippen LogP contribution in [0.3, 0.4) is 0 Å². The van der Waals surface area contributed by atoms with E-state index in [9.17, 15) is 0 Å². The molecule has 0 aromatic heterocycles. The van der Waals surface area contributed by atoms with Crippen molar-refractivity contribution in [2.24, 2.45) is 10.9 Å². The molecule has 0 N–H and O–H groups in total. The van der Waals surface area contributed by atoms with Gasteiger partial charge in [0.05, 0.1) is 18.6 Å². The number of aliphatic imine (C=N–C) groups is 1. The molecule has 1 fully saturated rings. The number of benzene rings is 1. The summed E-state index contributed by atoms with van der Waals surface area (Å²) in [5, 5.41) is 0. The zero-order chi connectivity index (χ0) is 13.8. The van der Waals surface area contributed by atoms with Gasteiger partial charge in [-0.25, -0.2) is 4.99 Å². The van der Waals surface area contributed by atoms with E-state index in [2.05, 4.69) is 42.8 Å². The summed E-state index contributed by atoms with van der Waals surface area (Å²) in [5.41, 5.74) is 3.35. The molecule has 0 atom stereocenters. The van der Waals surface area contributed by atoms with E-state index in [1.807, 2.05) is 13.4 Å². The molecule has 104 valence electrons. The standard InChI is InChI=1S/C16H24N2O/c1-5-18(4)11-17-15-8-13(3)16(9-12(15)2)19-10-14-6-7-14/h8-9,11,14H,5-7,10H2,1-4H3. The van der Waals surface area contributed by atoms with Crippen molar-refractivity contribution < 1.29 is 4.74 Å². The van der Waals surface area contributed by atoms with Crippen LogP contribution in [0.2, 0.25) is 0 Å². The normalized spacial score (nSPS) is 14.9. The summed E-state index contributed by atoms with van der Waals surface area (Å²) in [6, 6.07) is 4.22. The van der Waals surface area contributed by atoms with E-state index in [1.165, 1.54) is 12.8 Å². The first kappa shape index (κ1) is 13.9. The Morgan fingerprint density at radius 1 is 1.32 bits per heavy atom. The third kappa shape index (κ3) is 3.98. The van der Waals surface area contributed by atoms with Gasteiger partial charge in [0.25, 0.3) is 0 Å². The van der Waals surface area contributed by atoms with Crippen LogP contribution in [0.5, 0.6) is 5.75 Å². The molecule has 0 radical (unpaired) electrons. The Balaban J connectivity index is 2.08. The van der Waals surface area contributed by atoms with Crippen molar-refractivity contribution in [1.29, 1.82) is 0 Å². The second kappa shape index (κ2) is 6.09. The van der Waals surface area contributed by atoms with Gasteiger partial charge < -0.3 is 9.64 Å². The summed E-state index contributed by atoms with van der Waals surface area (Å²) in [5.74, 6) is 1.79. The lowest BCUT2D eigenvalue weighted by Crippen LogP contribution is -2.14. The van der Waals surface area contributed by atoms with E-state index >= 15 is 0 Å². The second-order valence-corrected chi connectivity index (χ2v) is 5.48. The molecule has 0 amide bonds. The van der Waals surface area contributed by atoms with Gasteiger partial charge >= 0.3 is 0 Å². The lowest BCUT2D eigenvalue weighted by Gasteiger charge is -2.12. The molecule has 1 aromatic carbocycles. The molecule has 1 saturated carbocycles. The fourth-order valence-electron chi connectivity index (χ4n) is 1.80. The Kier molecular flexibility index (Phi) is 4.46. The van der Waals surface area contributed by atoms with Gasteiger partial charge in [-0.3, -0.25) is 0 Å². The van der Waals surface area contributed by atoms with Gasteiger partial charge in [0.2, 0.25) is 0 Å². The van der Waals surface area contributed by atoms with Gasteiger partial charge in [0.15, 0.2) is 0 Å². The summed E-state index contributed by atoms with van der Waals surface area (Å²) < 4.78 is 5.88. The average molecular weight is 260 g/mol. The molecular formula is C16H24N2O. The number of nitrogens with zero attached hydrogens (tertiary/aromatic N) is 2. The van der Waals surface area contributed by atoms with E-state index in [0.717, 1.165) is 41.6 Å². The maximum Gasteiger partial charge on any atom is 0.122 e. The fourth-order valence-corrected chi connectivity index (χ4v) is 1.80. The third-order valence-electron chi connectivity index (χ3n) is 3.56. The molecular weight excluding hydrogens is 236 g/mol. The summed E-state index contributed by atoms with van der Waals surface area (Å²) in [6.45, 7) is 8.11. The Morgan fingerprint density at radius 2 is 2.05 bits per heavy atom. The SMILES string of the molecule is CCN(C)C=Nc1cc(C)c(OCC2CC2)cc1C. The average Bonchev–Trinajstić information content (AvgIpc) is 3.21. The van der Waals surface area contributed by atoms with Crippen molar-refractivity contribution in [2.75, 3.05) is 20.2 Å². The van der Waals surface area contributed by atoms with Crippen LogP contribution in [0.15, 0.2) is 17.1 Å². The Morgan fingerprint density at radius 3 is 2.68 bits per heavy atom. The number of hydrogen-bond acceptors (Lipinski definition) is 2. The van der Waals surface area contributed by atoms with E-state index in [1.54, 1.807) is 0 Å². The Hall–Kier alpha value is -1.51. The first-order valence-electron chi connectivity index (χ1n) is 7.08. The first-order valence-corrected chi connectivity index (χ1v) is 7.08. The van der Waals surface area contributed by atoms with Crippen molar-refractivity contribution in [3.8, 4) is 5.75 Å². The quantitative estimate of drug-likeness (QED) is 0.575. The first-order chi connectivity index (χ1) is 9.10.